The molecule has 0 spiro atoms. The molecule has 0 unspecified atom stereocenters. The van der Waals surface area contributed by atoms with Crippen molar-refractivity contribution in [1.29, 1.82) is 0 Å². The maximum absolute atomic E-state index is 14.5. The van der Waals surface area contributed by atoms with Crippen LogP contribution >= 0.6 is 0 Å². The highest BCUT2D eigenvalue weighted by Crippen LogP contribution is 2.43. The van der Waals surface area contributed by atoms with Gasteiger partial charge in [-0.1, -0.05) is 19.8 Å². The second-order valence-electron chi connectivity index (χ2n) is 7.82. The summed E-state index contributed by atoms with van der Waals surface area (Å²) in [4.78, 5) is 0. The van der Waals surface area contributed by atoms with Crippen LogP contribution in [0, 0.1) is 23.7 Å². The van der Waals surface area contributed by atoms with Crippen LogP contribution in [0.5, 0.6) is 0 Å². The number of halogens is 6. The third-order valence-electron chi connectivity index (χ3n) is 5.91. The molecule has 0 radical (unpaired) electrons. The molecule has 0 nitrogen and oxygen atoms in total. The van der Waals surface area contributed by atoms with Gasteiger partial charge < -0.3 is 0 Å². The van der Waals surface area contributed by atoms with Crippen LogP contribution < -0.4 is 0 Å². The summed E-state index contributed by atoms with van der Waals surface area (Å²) >= 11 is 0. The molecule has 26 heavy (non-hydrogen) atoms. The maximum Gasteiger partial charge on any atom is 0.412 e. The summed E-state index contributed by atoms with van der Waals surface area (Å²) < 4.78 is 79.3. The smallest absolute Gasteiger partial charge is 0.212 e. The minimum atomic E-state index is -4.69. The van der Waals surface area contributed by atoms with Gasteiger partial charge in [-0.25, -0.2) is 13.2 Å². The Kier molecular flexibility index (Phi) is 7.65. The van der Waals surface area contributed by atoms with Gasteiger partial charge in [0, 0.05) is 17.8 Å². The van der Waals surface area contributed by atoms with Gasteiger partial charge in [0.1, 0.15) is 17.5 Å². The highest BCUT2D eigenvalue weighted by Gasteiger charge is 2.34. The molecule has 0 N–H and O–H groups in total. The largest absolute Gasteiger partial charge is 0.412 e. The van der Waals surface area contributed by atoms with E-state index in [2.05, 4.69) is 6.92 Å². The molecule has 2 aliphatic rings. The SMILES string of the molecule is CCCC1CCC(/C(F)=C(\F)C2CCC(/C(F)=C/C(F)(F)F)CC2)CC1. The van der Waals surface area contributed by atoms with Crippen molar-refractivity contribution in [3.05, 3.63) is 23.6 Å². The predicted octanol–water partition coefficient (Wildman–Crippen LogP) is 7.97. The van der Waals surface area contributed by atoms with Gasteiger partial charge in [-0.05, 0) is 57.3 Å². The topological polar surface area (TPSA) is 0 Å². The van der Waals surface area contributed by atoms with Crippen molar-refractivity contribution in [2.24, 2.45) is 23.7 Å². The fourth-order valence-corrected chi connectivity index (χ4v) is 4.40. The number of allylic oxidation sites excluding steroid dienone is 4. The van der Waals surface area contributed by atoms with Crippen LogP contribution in [0.3, 0.4) is 0 Å². The predicted molar refractivity (Wildman–Crippen MR) is 90.3 cm³/mol. The number of hydrogen-bond donors (Lipinski definition) is 0. The van der Waals surface area contributed by atoms with Crippen LogP contribution in [-0.4, -0.2) is 6.18 Å². The molecule has 0 atom stereocenters. The molecule has 0 bridgehead atoms. The average molecular weight is 382 g/mol. The summed E-state index contributed by atoms with van der Waals surface area (Å²) in [5.41, 5.74) is 0. The van der Waals surface area contributed by atoms with E-state index in [0.29, 0.717) is 18.8 Å². The van der Waals surface area contributed by atoms with Crippen LogP contribution in [0.25, 0.3) is 0 Å². The van der Waals surface area contributed by atoms with E-state index in [1.165, 1.54) is 0 Å². The first-order valence-electron chi connectivity index (χ1n) is 9.71. The lowest BCUT2D eigenvalue weighted by atomic mass is 9.77. The molecule has 0 aliphatic heterocycles. The van der Waals surface area contributed by atoms with Crippen molar-refractivity contribution < 1.29 is 26.3 Å². The quantitative estimate of drug-likeness (QED) is 0.423. The highest BCUT2D eigenvalue weighted by atomic mass is 19.4. The molecule has 0 aromatic heterocycles. The first-order chi connectivity index (χ1) is 12.2. The molecule has 0 heterocycles. The minimum Gasteiger partial charge on any atom is -0.212 e. The normalized spacial score (nSPS) is 32.3. The molecule has 2 aliphatic carbocycles. The fraction of sp³-hybridized carbons (Fsp3) is 0.800. The molecule has 0 aromatic carbocycles. The van der Waals surface area contributed by atoms with Gasteiger partial charge >= 0.3 is 6.18 Å². The van der Waals surface area contributed by atoms with Gasteiger partial charge in [-0.3, -0.25) is 0 Å². The molecule has 6 heteroatoms. The molecule has 2 fully saturated rings. The van der Waals surface area contributed by atoms with Crippen LogP contribution in [0.15, 0.2) is 23.6 Å². The first-order valence-corrected chi connectivity index (χ1v) is 9.71. The molecule has 0 saturated heterocycles. The van der Waals surface area contributed by atoms with Crippen LogP contribution in [-0.2, 0) is 0 Å². The zero-order valence-electron chi connectivity index (χ0n) is 15.2. The Morgan fingerprint density at radius 2 is 1.19 bits per heavy atom. The van der Waals surface area contributed by atoms with E-state index in [0.717, 1.165) is 25.7 Å². The molecule has 2 rings (SSSR count). The Balaban J connectivity index is 1.90. The zero-order chi connectivity index (χ0) is 19.3. The van der Waals surface area contributed by atoms with E-state index < -0.39 is 35.5 Å². The van der Waals surface area contributed by atoms with E-state index in [-0.39, 0.29) is 37.7 Å². The summed E-state index contributed by atoms with van der Waals surface area (Å²) in [7, 11) is 0. The summed E-state index contributed by atoms with van der Waals surface area (Å²) in [5, 5.41) is 0. The third kappa shape index (κ3) is 6.05. The van der Waals surface area contributed by atoms with E-state index in [1.807, 2.05) is 0 Å². The lowest BCUT2D eigenvalue weighted by Crippen LogP contribution is -2.20. The van der Waals surface area contributed by atoms with Crippen molar-refractivity contribution in [3.8, 4) is 0 Å². The number of rotatable bonds is 5. The van der Waals surface area contributed by atoms with Crippen LogP contribution in [0.2, 0.25) is 0 Å². The Labute approximate surface area is 151 Å². The van der Waals surface area contributed by atoms with Crippen LogP contribution in [0.1, 0.15) is 71.1 Å². The van der Waals surface area contributed by atoms with Crippen molar-refractivity contribution in [3.63, 3.8) is 0 Å². The van der Waals surface area contributed by atoms with Gasteiger partial charge in [0.05, 0.1) is 6.08 Å². The minimum absolute atomic E-state index is 0.118. The Hall–Kier alpha value is -0.940. The Morgan fingerprint density at radius 1 is 0.769 bits per heavy atom. The third-order valence-corrected chi connectivity index (χ3v) is 5.91. The number of hydrogen-bond acceptors (Lipinski definition) is 0. The van der Waals surface area contributed by atoms with Crippen molar-refractivity contribution >= 4 is 0 Å². The second kappa shape index (κ2) is 9.32. The van der Waals surface area contributed by atoms with Crippen molar-refractivity contribution in [2.75, 3.05) is 0 Å². The molecular weight excluding hydrogens is 354 g/mol. The van der Waals surface area contributed by atoms with Crippen LogP contribution in [0.4, 0.5) is 26.3 Å². The Bertz CT molecular complexity index is 503. The van der Waals surface area contributed by atoms with Crippen molar-refractivity contribution in [2.45, 2.75) is 77.3 Å². The highest BCUT2D eigenvalue weighted by molar-refractivity contribution is 5.11. The van der Waals surface area contributed by atoms with E-state index in [1.54, 1.807) is 0 Å². The molecule has 0 amide bonds. The van der Waals surface area contributed by atoms with Gasteiger partial charge in [0.2, 0.25) is 0 Å². The summed E-state index contributed by atoms with van der Waals surface area (Å²) in [6, 6.07) is 0. The lowest BCUT2D eigenvalue weighted by molar-refractivity contribution is -0.0821. The molecular formula is C20H28F6. The lowest BCUT2D eigenvalue weighted by Gasteiger charge is -2.30. The zero-order valence-corrected chi connectivity index (χ0v) is 15.2. The number of alkyl halides is 3. The molecule has 150 valence electrons. The van der Waals surface area contributed by atoms with Gasteiger partial charge in [-0.15, -0.1) is 0 Å². The second-order valence-corrected chi connectivity index (χ2v) is 7.82. The van der Waals surface area contributed by atoms with Gasteiger partial charge in [-0.2, -0.15) is 13.2 Å². The summed E-state index contributed by atoms with van der Waals surface area (Å²) in [6.07, 6.45) is 0.978. The van der Waals surface area contributed by atoms with E-state index >= 15 is 0 Å². The van der Waals surface area contributed by atoms with Gasteiger partial charge in [0.25, 0.3) is 0 Å². The molecule has 2 saturated carbocycles. The standard InChI is InChI=1S/C20H28F6/c1-2-3-13-4-6-15(7-5-13)18(22)19(23)16-10-8-14(9-11-16)17(21)12-20(24,25)26/h12-16H,2-11H2,1H3/b17-12-,19-18+. The summed E-state index contributed by atoms with van der Waals surface area (Å²) in [6.45, 7) is 2.12. The Morgan fingerprint density at radius 3 is 1.62 bits per heavy atom. The first kappa shape index (κ1) is 21.4. The average Bonchev–Trinajstić information content (AvgIpc) is 2.60. The monoisotopic (exact) mass is 382 g/mol. The summed E-state index contributed by atoms with van der Waals surface area (Å²) in [5.74, 6) is -3.85. The maximum atomic E-state index is 14.5. The molecule has 0 aromatic rings. The van der Waals surface area contributed by atoms with Gasteiger partial charge in [0.15, 0.2) is 0 Å². The fourth-order valence-electron chi connectivity index (χ4n) is 4.40. The van der Waals surface area contributed by atoms with E-state index in [9.17, 15) is 26.3 Å². The van der Waals surface area contributed by atoms with Crippen molar-refractivity contribution in [1.82, 2.24) is 0 Å². The van der Waals surface area contributed by atoms with E-state index in [4.69, 9.17) is 0 Å².